The summed E-state index contributed by atoms with van der Waals surface area (Å²) in [5.41, 5.74) is 4.96. The van der Waals surface area contributed by atoms with Crippen molar-refractivity contribution < 1.29 is 9.53 Å². The minimum Gasteiger partial charge on any atom is -0.465 e. The largest absolute Gasteiger partial charge is 0.465 e. The standard InChI is InChI=1S/C24H26N4O2/c1-16(2)21-14-22(27-24(26-21)25-20-7-5-4-6-8-20)28-12-11-17-13-18(23(29)30-3)9-10-19(17)15-28/h4-10,13-14,16H,11-12,15H2,1-3H3,(H,25,26,27). The van der Waals surface area contributed by atoms with Crippen LogP contribution in [0.3, 0.4) is 0 Å². The zero-order valence-electron chi connectivity index (χ0n) is 17.6. The quantitative estimate of drug-likeness (QED) is 0.625. The molecule has 0 aliphatic carbocycles. The van der Waals surface area contributed by atoms with Gasteiger partial charge in [-0.05, 0) is 47.7 Å². The number of carbonyl (C=O) groups excluding carboxylic acids is 1. The molecule has 1 N–H and O–H groups in total. The van der Waals surface area contributed by atoms with Crippen molar-refractivity contribution in [1.29, 1.82) is 0 Å². The summed E-state index contributed by atoms with van der Waals surface area (Å²) in [5, 5.41) is 3.32. The molecule has 6 heteroatoms. The number of anilines is 3. The van der Waals surface area contributed by atoms with E-state index in [0.29, 0.717) is 17.4 Å². The van der Waals surface area contributed by atoms with E-state index in [0.717, 1.165) is 36.7 Å². The second-order valence-corrected chi connectivity index (χ2v) is 7.77. The molecule has 4 rings (SSSR count). The molecule has 0 bridgehead atoms. The Bertz CT molecular complexity index is 1050. The number of hydrogen-bond acceptors (Lipinski definition) is 6. The Hall–Kier alpha value is -3.41. The normalized spacial score (nSPS) is 13.1. The van der Waals surface area contributed by atoms with E-state index >= 15 is 0 Å². The molecule has 0 saturated heterocycles. The Morgan fingerprint density at radius 2 is 1.87 bits per heavy atom. The van der Waals surface area contributed by atoms with Crippen molar-refractivity contribution in [1.82, 2.24) is 9.97 Å². The van der Waals surface area contributed by atoms with Crippen molar-refractivity contribution in [2.24, 2.45) is 0 Å². The van der Waals surface area contributed by atoms with E-state index in [1.807, 2.05) is 48.5 Å². The number of esters is 1. The third-order valence-electron chi connectivity index (χ3n) is 5.32. The number of ether oxygens (including phenoxy) is 1. The third-order valence-corrected chi connectivity index (χ3v) is 5.32. The summed E-state index contributed by atoms with van der Waals surface area (Å²) in [7, 11) is 1.41. The van der Waals surface area contributed by atoms with Crippen LogP contribution in [0, 0.1) is 0 Å². The summed E-state index contributed by atoms with van der Waals surface area (Å²) in [6.45, 7) is 5.85. The molecule has 154 valence electrons. The fraction of sp³-hybridized carbons (Fsp3) is 0.292. The molecule has 30 heavy (non-hydrogen) atoms. The molecule has 1 aliphatic rings. The molecule has 0 unspecified atom stereocenters. The van der Waals surface area contributed by atoms with Crippen LogP contribution in [0.5, 0.6) is 0 Å². The maximum absolute atomic E-state index is 11.8. The van der Waals surface area contributed by atoms with Crippen LogP contribution in [-0.4, -0.2) is 29.6 Å². The van der Waals surface area contributed by atoms with Gasteiger partial charge in [-0.15, -0.1) is 0 Å². The van der Waals surface area contributed by atoms with Crippen LogP contribution >= 0.6 is 0 Å². The van der Waals surface area contributed by atoms with Gasteiger partial charge >= 0.3 is 5.97 Å². The number of carbonyl (C=O) groups is 1. The topological polar surface area (TPSA) is 67.3 Å². The van der Waals surface area contributed by atoms with Crippen LogP contribution in [0.15, 0.2) is 54.6 Å². The molecular weight excluding hydrogens is 376 g/mol. The molecule has 2 heterocycles. The minimum absolute atomic E-state index is 0.294. The number of nitrogens with one attached hydrogen (secondary N) is 1. The summed E-state index contributed by atoms with van der Waals surface area (Å²) in [5.74, 6) is 1.51. The highest BCUT2D eigenvalue weighted by atomic mass is 16.5. The number of nitrogens with zero attached hydrogens (tertiary/aromatic N) is 3. The third kappa shape index (κ3) is 4.27. The average molecular weight is 402 g/mol. The van der Waals surface area contributed by atoms with Crippen LogP contribution in [0.2, 0.25) is 0 Å². The number of benzene rings is 2. The van der Waals surface area contributed by atoms with Crippen molar-refractivity contribution >= 4 is 23.4 Å². The van der Waals surface area contributed by atoms with Gasteiger partial charge in [-0.2, -0.15) is 4.98 Å². The highest BCUT2D eigenvalue weighted by Gasteiger charge is 2.21. The summed E-state index contributed by atoms with van der Waals surface area (Å²) in [6.07, 6.45) is 0.850. The molecule has 0 saturated carbocycles. The number of aromatic nitrogens is 2. The maximum Gasteiger partial charge on any atom is 0.337 e. The highest BCUT2D eigenvalue weighted by molar-refractivity contribution is 5.89. The van der Waals surface area contributed by atoms with Crippen LogP contribution < -0.4 is 10.2 Å². The first-order chi connectivity index (χ1) is 14.5. The highest BCUT2D eigenvalue weighted by Crippen LogP contribution is 2.28. The number of fused-ring (bicyclic) bond motifs is 1. The molecule has 0 spiro atoms. The monoisotopic (exact) mass is 402 g/mol. The molecular formula is C24H26N4O2. The van der Waals surface area contributed by atoms with Gasteiger partial charge in [-0.25, -0.2) is 9.78 Å². The first-order valence-corrected chi connectivity index (χ1v) is 10.2. The molecule has 0 radical (unpaired) electrons. The number of methoxy groups -OCH3 is 1. The lowest BCUT2D eigenvalue weighted by atomic mass is 9.97. The lowest BCUT2D eigenvalue weighted by molar-refractivity contribution is 0.0600. The second-order valence-electron chi connectivity index (χ2n) is 7.77. The first kappa shape index (κ1) is 19.9. The fourth-order valence-electron chi connectivity index (χ4n) is 3.61. The molecule has 0 amide bonds. The van der Waals surface area contributed by atoms with Gasteiger partial charge < -0.3 is 15.0 Å². The van der Waals surface area contributed by atoms with Crippen molar-refractivity contribution in [2.45, 2.75) is 32.7 Å². The predicted molar refractivity (Wildman–Crippen MR) is 118 cm³/mol. The van der Waals surface area contributed by atoms with Gasteiger partial charge in [0.05, 0.1) is 18.4 Å². The summed E-state index contributed by atoms with van der Waals surface area (Å²) in [4.78, 5) is 23.6. The zero-order valence-corrected chi connectivity index (χ0v) is 17.6. The Morgan fingerprint density at radius 1 is 1.07 bits per heavy atom. The fourth-order valence-corrected chi connectivity index (χ4v) is 3.61. The van der Waals surface area contributed by atoms with E-state index in [-0.39, 0.29) is 5.97 Å². The number of para-hydroxylation sites is 1. The zero-order chi connectivity index (χ0) is 21.1. The predicted octanol–water partition coefficient (Wildman–Crippen LogP) is 4.69. The number of hydrogen-bond donors (Lipinski definition) is 1. The van der Waals surface area contributed by atoms with Gasteiger partial charge in [0.25, 0.3) is 0 Å². The van der Waals surface area contributed by atoms with Gasteiger partial charge in [-0.3, -0.25) is 0 Å². The van der Waals surface area contributed by atoms with Crippen LogP contribution in [0.25, 0.3) is 0 Å². The SMILES string of the molecule is COC(=O)c1ccc2c(c1)CCN(c1cc(C(C)C)nc(Nc3ccccc3)n1)C2. The number of rotatable bonds is 5. The van der Waals surface area contributed by atoms with Gasteiger partial charge in [0.1, 0.15) is 5.82 Å². The smallest absolute Gasteiger partial charge is 0.337 e. The van der Waals surface area contributed by atoms with Crippen LogP contribution in [0.4, 0.5) is 17.5 Å². The van der Waals surface area contributed by atoms with Crippen LogP contribution in [0.1, 0.15) is 46.9 Å². The van der Waals surface area contributed by atoms with Crippen molar-refractivity contribution in [3.05, 3.63) is 77.0 Å². The second kappa shape index (κ2) is 8.53. The molecule has 1 aliphatic heterocycles. The van der Waals surface area contributed by atoms with Crippen molar-refractivity contribution in [2.75, 3.05) is 23.9 Å². The van der Waals surface area contributed by atoms with E-state index in [4.69, 9.17) is 14.7 Å². The van der Waals surface area contributed by atoms with E-state index in [1.165, 1.54) is 18.2 Å². The van der Waals surface area contributed by atoms with E-state index < -0.39 is 0 Å². The van der Waals surface area contributed by atoms with E-state index in [1.54, 1.807) is 0 Å². The van der Waals surface area contributed by atoms with Crippen LogP contribution in [-0.2, 0) is 17.7 Å². The Balaban J connectivity index is 1.61. The summed E-state index contributed by atoms with van der Waals surface area (Å²) < 4.78 is 4.84. The molecule has 0 atom stereocenters. The maximum atomic E-state index is 11.8. The van der Waals surface area contributed by atoms with Gasteiger partial charge in [0.15, 0.2) is 0 Å². The Labute approximate surface area is 176 Å². The Morgan fingerprint density at radius 3 is 2.60 bits per heavy atom. The van der Waals surface area contributed by atoms with E-state index in [9.17, 15) is 4.79 Å². The molecule has 1 aromatic heterocycles. The van der Waals surface area contributed by atoms with Crippen molar-refractivity contribution in [3.8, 4) is 0 Å². The van der Waals surface area contributed by atoms with Gasteiger partial charge in [0.2, 0.25) is 5.95 Å². The van der Waals surface area contributed by atoms with Crippen molar-refractivity contribution in [3.63, 3.8) is 0 Å². The van der Waals surface area contributed by atoms with Gasteiger partial charge in [-0.1, -0.05) is 38.1 Å². The Kier molecular flexibility index (Phi) is 5.65. The molecule has 0 fully saturated rings. The van der Waals surface area contributed by atoms with Gasteiger partial charge in [0, 0.05) is 24.8 Å². The lowest BCUT2D eigenvalue weighted by Crippen LogP contribution is -2.31. The minimum atomic E-state index is -0.297. The molecule has 3 aromatic rings. The summed E-state index contributed by atoms with van der Waals surface area (Å²) in [6, 6.07) is 17.8. The lowest BCUT2D eigenvalue weighted by Gasteiger charge is -2.30. The summed E-state index contributed by atoms with van der Waals surface area (Å²) >= 11 is 0. The average Bonchev–Trinajstić information content (AvgIpc) is 2.78. The molecule has 2 aromatic carbocycles. The first-order valence-electron chi connectivity index (χ1n) is 10.2. The van der Waals surface area contributed by atoms with E-state index in [2.05, 4.69) is 30.1 Å². The molecule has 6 nitrogen and oxygen atoms in total.